The summed E-state index contributed by atoms with van der Waals surface area (Å²) in [6.07, 6.45) is 3.98. The molecule has 5 rings (SSSR count). The fourth-order valence-electron chi connectivity index (χ4n) is 3.62. The molecule has 1 atom stereocenters. The van der Waals surface area contributed by atoms with Crippen LogP contribution in [0.3, 0.4) is 0 Å². The fourth-order valence-corrected chi connectivity index (χ4v) is 3.62. The Kier molecular flexibility index (Phi) is 3.57. The summed E-state index contributed by atoms with van der Waals surface area (Å²) in [5, 5.41) is 17.3. The number of hydrogen-bond donors (Lipinski definition) is 2. The Bertz CT molecular complexity index is 1100. The zero-order valence-electron chi connectivity index (χ0n) is 14.6. The van der Waals surface area contributed by atoms with Crippen molar-refractivity contribution in [2.24, 2.45) is 0 Å². The molecule has 1 aromatic carbocycles. The van der Waals surface area contributed by atoms with Gasteiger partial charge in [-0.2, -0.15) is 5.10 Å². The lowest BCUT2D eigenvalue weighted by molar-refractivity contribution is -0.136. The minimum atomic E-state index is -0.626. The first-order valence-electron chi connectivity index (χ1n) is 8.80. The third-order valence-corrected chi connectivity index (χ3v) is 5.04. The molecule has 0 aliphatic carbocycles. The van der Waals surface area contributed by atoms with Crippen LogP contribution in [0.4, 0.5) is 0 Å². The van der Waals surface area contributed by atoms with Crippen LogP contribution in [-0.2, 0) is 16.1 Å². The molecule has 10 nitrogen and oxygen atoms in total. The zero-order valence-corrected chi connectivity index (χ0v) is 14.6. The maximum Gasteiger partial charge on any atom is 0.255 e. The van der Waals surface area contributed by atoms with Crippen molar-refractivity contribution >= 4 is 17.7 Å². The lowest BCUT2D eigenvalue weighted by Gasteiger charge is -2.29. The Labute approximate surface area is 158 Å². The Morgan fingerprint density at radius 1 is 1.14 bits per heavy atom. The van der Waals surface area contributed by atoms with Crippen molar-refractivity contribution in [3.05, 3.63) is 47.8 Å². The van der Waals surface area contributed by atoms with Crippen LogP contribution in [0.25, 0.3) is 17.1 Å². The summed E-state index contributed by atoms with van der Waals surface area (Å²) < 4.78 is 1.62. The number of piperidine rings is 1. The lowest BCUT2D eigenvalue weighted by Crippen LogP contribution is -2.52. The van der Waals surface area contributed by atoms with Crippen LogP contribution < -0.4 is 5.32 Å². The molecule has 3 aromatic rings. The highest BCUT2D eigenvalue weighted by molar-refractivity contribution is 6.05. The van der Waals surface area contributed by atoms with Gasteiger partial charge >= 0.3 is 0 Å². The first-order valence-corrected chi connectivity index (χ1v) is 8.80. The van der Waals surface area contributed by atoms with Gasteiger partial charge in [-0.1, -0.05) is 5.21 Å². The molecule has 2 aliphatic heterocycles. The van der Waals surface area contributed by atoms with Crippen LogP contribution in [0.5, 0.6) is 0 Å². The molecule has 1 saturated heterocycles. The Morgan fingerprint density at radius 2 is 2.04 bits per heavy atom. The fraction of sp³-hybridized carbons (Fsp3) is 0.222. The van der Waals surface area contributed by atoms with E-state index in [1.807, 2.05) is 6.07 Å². The smallest absolute Gasteiger partial charge is 0.255 e. The van der Waals surface area contributed by atoms with Crippen molar-refractivity contribution in [3.8, 4) is 17.1 Å². The van der Waals surface area contributed by atoms with Gasteiger partial charge in [0, 0.05) is 24.7 Å². The molecule has 0 bridgehead atoms. The number of fused-ring (bicyclic) bond motifs is 1. The molecule has 3 amide bonds. The van der Waals surface area contributed by atoms with E-state index < -0.39 is 11.9 Å². The van der Waals surface area contributed by atoms with Crippen LogP contribution in [0.1, 0.15) is 28.8 Å². The van der Waals surface area contributed by atoms with Gasteiger partial charge in [-0.15, -0.1) is 5.10 Å². The third-order valence-electron chi connectivity index (χ3n) is 5.04. The average Bonchev–Trinajstić information content (AvgIpc) is 3.41. The second-order valence-electron chi connectivity index (χ2n) is 6.76. The topological polar surface area (TPSA) is 126 Å². The Balaban J connectivity index is 1.42. The van der Waals surface area contributed by atoms with E-state index in [-0.39, 0.29) is 18.2 Å². The third kappa shape index (κ3) is 2.57. The number of aromatic amines is 1. The van der Waals surface area contributed by atoms with Gasteiger partial charge in [0.15, 0.2) is 0 Å². The highest BCUT2D eigenvalue weighted by atomic mass is 16.2. The SMILES string of the molecule is O=C1CCC(N2Cc3cc(-n4cc(-c5ccn[nH]5)nn4)ccc3C2=O)C(=O)N1. The van der Waals surface area contributed by atoms with E-state index >= 15 is 0 Å². The van der Waals surface area contributed by atoms with Crippen molar-refractivity contribution in [3.63, 3.8) is 0 Å². The predicted molar refractivity (Wildman–Crippen MR) is 95.0 cm³/mol. The second-order valence-corrected chi connectivity index (χ2v) is 6.76. The number of rotatable bonds is 3. The van der Waals surface area contributed by atoms with Crippen LogP contribution in [0.2, 0.25) is 0 Å². The van der Waals surface area contributed by atoms with Crippen LogP contribution in [0, 0.1) is 0 Å². The summed E-state index contributed by atoms with van der Waals surface area (Å²) >= 11 is 0. The molecular weight excluding hydrogens is 362 g/mol. The predicted octanol–water partition coefficient (Wildman–Crippen LogP) is 0.418. The first kappa shape index (κ1) is 16.4. The van der Waals surface area contributed by atoms with Crippen molar-refractivity contribution in [2.45, 2.75) is 25.4 Å². The van der Waals surface area contributed by atoms with E-state index in [9.17, 15) is 14.4 Å². The number of aromatic nitrogens is 5. The van der Waals surface area contributed by atoms with Crippen molar-refractivity contribution in [1.82, 2.24) is 35.4 Å². The van der Waals surface area contributed by atoms with Crippen molar-refractivity contribution < 1.29 is 14.4 Å². The minimum Gasteiger partial charge on any atom is -0.322 e. The molecule has 4 heterocycles. The normalized spacial score (nSPS) is 19.1. The van der Waals surface area contributed by atoms with E-state index in [2.05, 4.69) is 25.8 Å². The van der Waals surface area contributed by atoms with E-state index in [1.54, 1.807) is 35.3 Å². The van der Waals surface area contributed by atoms with Crippen LogP contribution in [0.15, 0.2) is 36.7 Å². The summed E-state index contributed by atoms with van der Waals surface area (Å²) in [5.41, 5.74) is 3.54. The molecule has 0 saturated carbocycles. The Morgan fingerprint density at radius 3 is 2.82 bits per heavy atom. The average molecular weight is 377 g/mol. The molecule has 1 fully saturated rings. The molecular formula is C18H15N7O3. The number of carbonyl (C=O) groups excluding carboxylic acids is 3. The quantitative estimate of drug-likeness (QED) is 0.637. The van der Waals surface area contributed by atoms with E-state index in [1.165, 1.54) is 4.90 Å². The van der Waals surface area contributed by atoms with Crippen LogP contribution in [-0.4, -0.2) is 53.9 Å². The highest BCUT2D eigenvalue weighted by Crippen LogP contribution is 2.29. The number of hydrogen-bond acceptors (Lipinski definition) is 6. The van der Waals surface area contributed by atoms with E-state index in [4.69, 9.17) is 0 Å². The number of nitrogens with zero attached hydrogens (tertiary/aromatic N) is 5. The molecule has 0 spiro atoms. The summed E-state index contributed by atoms with van der Waals surface area (Å²) in [4.78, 5) is 37.8. The van der Waals surface area contributed by atoms with Gasteiger partial charge in [0.2, 0.25) is 11.8 Å². The molecule has 10 heteroatoms. The molecule has 140 valence electrons. The van der Waals surface area contributed by atoms with Gasteiger partial charge in [0.25, 0.3) is 5.91 Å². The standard InChI is InChI=1S/C18H15N7O3/c26-16-4-3-15(17(27)20-16)24-8-10-7-11(1-2-12(10)18(24)28)25-9-14(22-23-25)13-5-6-19-21-13/h1-2,5-7,9,15H,3-4,8H2,(H,19,21)(H,20,26,27). The number of H-pyrrole nitrogens is 1. The molecule has 1 unspecified atom stereocenters. The van der Waals surface area contributed by atoms with Crippen molar-refractivity contribution in [2.75, 3.05) is 0 Å². The largest absolute Gasteiger partial charge is 0.322 e. The number of amides is 3. The van der Waals surface area contributed by atoms with Gasteiger partial charge in [-0.05, 0) is 36.2 Å². The van der Waals surface area contributed by atoms with E-state index in [0.717, 1.165) is 16.9 Å². The number of carbonyl (C=O) groups is 3. The molecule has 2 aliphatic rings. The summed E-state index contributed by atoms with van der Waals surface area (Å²) in [5.74, 6) is -0.919. The maximum absolute atomic E-state index is 12.7. The van der Waals surface area contributed by atoms with E-state index in [0.29, 0.717) is 24.2 Å². The monoisotopic (exact) mass is 377 g/mol. The molecule has 28 heavy (non-hydrogen) atoms. The van der Waals surface area contributed by atoms with Gasteiger partial charge in [-0.25, -0.2) is 4.68 Å². The zero-order chi connectivity index (χ0) is 19.3. The summed E-state index contributed by atoms with van der Waals surface area (Å²) in [6, 6.07) is 6.56. The molecule has 0 radical (unpaired) electrons. The number of imide groups is 1. The minimum absolute atomic E-state index is 0.201. The lowest BCUT2D eigenvalue weighted by atomic mass is 10.0. The first-order chi connectivity index (χ1) is 13.6. The van der Waals surface area contributed by atoms with Crippen LogP contribution >= 0.6 is 0 Å². The molecule has 2 N–H and O–H groups in total. The highest BCUT2D eigenvalue weighted by Gasteiger charge is 2.39. The second kappa shape index (κ2) is 6.12. The Hall–Kier alpha value is -3.82. The van der Waals surface area contributed by atoms with Crippen molar-refractivity contribution in [1.29, 1.82) is 0 Å². The summed E-state index contributed by atoms with van der Waals surface area (Å²) in [7, 11) is 0. The van der Waals surface area contributed by atoms with Gasteiger partial charge in [0.1, 0.15) is 11.7 Å². The molecule has 2 aromatic heterocycles. The number of nitrogens with one attached hydrogen (secondary N) is 2. The number of benzene rings is 1. The van der Waals surface area contributed by atoms with Gasteiger partial charge in [-0.3, -0.25) is 24.8 Å². The summed E-state index contributed by atoms with van der Waals surface area (Å²) in [6.45, 7) is 0.316. The van der Waals surface area contributed by atoms with Gasteiger partial charge in [0.05, 0.1) is 17.6 Å². The maximum atomic E-state index is 12.7. The van der Waals surface area contributed by atoms with Gasteiger partial charge < -0.3 is 4.90 Å².